The van der Waals surface area contributed by atoms with Crippen LogP contribution in [0.2, 0.25) is 0 Å². The van der Waals surface area contributed by atoms with Gasteiger partial charge in [-0.1, -0.05) is 13.2 Å². The number of hydrogen-bond donors (Lipinski definition) is 14. The van der Waals surface area contributed by atoms with Crippen LogP contribution in [0.25, 0.3) is 0 Å². The van der Waals surface area contributed by atoms with E-state index in [1.807, 2.05) is 27.7 Å². The van der Waals surface area contributed by atoms with Crippen molar-refractivity contribution in [3.63, 3.8) is 0 Å². The van der Waals surface area contributed by atoms with Crippen molar-refractivity contribution in [3.05, 3.63) is 0 Å². The first-order valence-electron chi connectivity index (χ1n) is 33.7. The molecule has 97 heavy (non-hydrogen) atoms. The minimum absolute atomic E-state index is 0.00449. The van der Waals surface area contributed by atoms with Gasteiger partial charge in [-0.25, -0.2) is 0 Å². The minimum Gasteiger partial charge on any atom is -0.394 e. The monoisotopic (exact) mass is 1430 g/mol. The Balaban J connectivity index is 1.05. The van der Waals surface area contributed by atoms with Gasteiger partial charge >= 0.3 is 0 Å². The number of likely N-dealkylation sites (tertiary alicyclic amines) is 3. The number of amides is 6. The molecule has 0 aromatic carbocycles. The standard InChI is InChI=1S/C62H110N6O27P2/c1-10-38-25-42(29-66(38)47(75)17-11-14-21-86-59-50(63-35(2)72)56(81)53(78)44(31-69)90-59)94-96(8,84)24-20-39-26-43(30-67(39)48(76)18-12-15-22-87-60-51(64-36(3)73)57(82)54(79)45(32-70)91-60)95-97(9,85)89-34-40-27-41(93-62(5,6)7)28-68(40)49(77)19-13-16-23-88-61-52(65-37(4)74)58(83)55(80)46(33-71)92-61/h38-46,50-61,69-71,78-85H,8-34H2,1-7H3,(H,63,72)(H,64,73)(H,65,74)/t38-,39-,40+,41-,42?,43?,44?,45?,46?,50?,51?,52?,53?,54?,55?,56?,57?,58?,59?,60?,61?,96?,97?/m1/s1. The molecule has 6 heterocycles. The van der Waals surface area contributed by atoms with Crippen molar-refractivity contribution < 1.29 is 131 Å². The molecule has 35 heteroatoms. The Labute approximate surface area is 567 Å². The lowest BCUT2D eigenvalue weighted by Crippen LogP contribution is -2.64. The molecule has 6 rings (SSSR count). The molecule has 560 valence electrons. The number of carbonyl (C=O) groups excluding carboxylic acids is 6. The number of hydrogen-bond acceptors (Lipinski definition) is 27. The topological polar surface area (TPSA) is 463 Å². The van der Waals surface area contributed by atoms with E-state index in [1.54, 1.807) is 14.7 Å². The van der Waals surface area contributed by atoms with Gasteiger partial charge < -0.3 is 133 Å². The van der Waals surface area contributed by atoms with Crippen LogP contribution < -0.4 is 16.0 Å². The molecular weight excluding hydrogens is 1320 g/mol. The fourth-order valence-electron chi connectivity index (χ4n) is 13.2. The van der Waals surface area contributed by atoms with Gasteiger partial charge in [0.1, 0.15) is 80.4 Å². The van der Waals surface area contributed by atoms with Gasteiger partial charge in [-0.15, -0.1) is 0 Å². The normalized spacial score (nSPS) is 34.5. The summed E-state index contributed by atoms with van der Waals surface area (Å²) >= 11 is 0. The van der Waals surface area contributed by atoms with E-state index in [1.165, 1.54) is 20.8 Å². The van der Waals surface area contributed by atoms with Crippen molar-refractivity contribution in [1.29, 1.82) is 0 Å². The summed E-state index contributed by atoms with van der Waals surface area (Å²) in [5, 5.41) is 99.8. The van der Waals surface area contributed by atoms with Crippen LogP contribution in [0.15, 0.2) is 0 Å². The second kappa shape index (κ2) is 38.2. The third-order valence-corrected chi connectivity index (χ3v) is 20.8. The van der Waals surface area contributed by atoms with Crippen LogP contribution in [0.5, 0.6) is 0 Å². The molecule has 6 aliphatic heterocycles. The molecule has 0 aromatic rings. The van der Waals surface area contributed by atoms with Crippen molar-refractivity contribution in [3.8, 4) is 0 Å². The molecule has 19 unspecified atom stereocenters. The Morgan fingerprint density at radius 3 is 1.24 bits per heavy atom. The van der Waals surface area contributed by atoms with Crippen LogP contribution in [-0.4, -0.2) is 325 Å². The van der Waals surface area contributed by atoms with Crippen LogP contribution in [-0.2, 0) is 75.5 Å². The van der Waals surface area contributed by atoms with Crippen molar-refractivity contribution in [2.75, 3.05) is 72.0 Å². The van der Waals surface area contributed by atoms with Gasteiger partial charge in [0.25, 0.3) is 0 Å². The molecule has 6 saturated heterocycles. The fourth-order valence-corrected chi connectivity index (χ4v) is 15.8. The zero-order valence-corrected chi connectivity index (χ0v) is 58.7. The summed E-state index contributed by atoms with van der Waals surface area (Å²) in [5.41, 5.74) is -0.569. The van der Waals surface area contributed by atoms with E-state index in [4.69, 9.17) is 46.7 Å². The smallest absolute Gasteiger partial charge is 0.248 e. The zero-order valence-electron chi connectivity index (χ0n) is 56.9. The second-order valence-corrected chi connectivity index (χ2v) is 31.2. The van der Waals surface area contributed by atoms with E-state index >= 15 is 0 Å². The summed E-state index contributed by atoms with van der Waals surface area (Å²) in [6.45, 7) is 9.78. The predicted octanol–water partition coefficient (Wildman–Crippen LogP) is -2.59. The summed E-state index contributed by atoms with van der Waals surface area (Å²) in [7, 11) is -7.38. The lowest BCUT2D eigenvalue weighted by Gasteiger charge is -2.42. The molecule has 0 saturated carbocycles. The highest BCUT2D eigenvalue weighted by molar-refractivity contribution is 7.63. The fraction of sp³-hybridized carbons (Fsp3) is 0.871. The van der Waals surface area contributed by atoms with E-state index < -0.39 is 180 Å². The lowest BCUT2D eigenvalue weighted by molar-refractivity contribution is -0.270. The number of unbranched alkanes of at least 4 members (excludes halogenated alkanes) is 3. The Hall–Kier alpha value is -3.42. The molecule has 6 aliphatic rings. The minimum atomic E-state index is -3.95. The molecule has 14 N–H and O–H groups in total. The number of ether oxygens (including phenoxy) is 7. The number of rotatable bonds is 36. The first-order valence-corrected chi connectivity index (χ1v) is 37.5. The summed E-state index contributed by atoms with van der Waals surface area (Å²) in [6.07, 6.45) is -5.68. The molecule has 23 atom stereocenters. The predicted molar refractivity (Wildman–Crippen MR) is 348 cm³/mol. The van der Waals surface area contributed by atoms with Crippen molar-refractivity contribution in [2.45, 2.75) is 272 Å². The van der Waals surface area contributed by atoms with Crippen LogP contribution in [0.3, 0.4) is 0 Å². The average Bonchev–Trinajstić information content (AvgIpc) is 1.76. The first kappa shape index (κ1) is 82.5. The third-order valence-electron chi connectivity index (χ3n) is 18.0. The Bertz CT molecular complexity index is 2630. The van der Waals surface area contributed by atoms with E-state index in [0.29, 0.717) is 51.4 Å². The summed E-state index contributed by atoms with van der Waals surface area (Å²) in [4.78, 5) is 106. The maximum Gasteiger partial charge on any atom is 0.248 e. The summed E-state index contributed by atoms with van der Waals surface area (Å²) < 4.78 is 59.5. The Morgan fingerprint density at radius 2 is 0.866 bits per heavy atom. The van der Waals surface area contributed by atoms with E-state index in [-0.39, 0.29) is 115 Å². The van der Waals surface area contributed by atoms with Crippen LogP contribution in [0.1, 0.15) is 138 Å². The highest BCUT2D eigenvalue weighted by Gasteiger charge is 2.49. The molecular formula is C62H110N6O27P2. The third kappa shape index (κ3) is 24.6. The van der Waals surface area contributed by atoms with Gasteiger partial charge in [0.05, 0.1) is 56.4 Å². The number of nitrogens with one attached hydrogen (secondary N) is 3. The Morgan fingerprint density at radius 1 is 0.515 bits per heavy atom. The molecule has 6 amide bonds. The van der Waals surface area contributed by atoms with Crippen LogP contribution in [0.4, 0.5) is 0 Å². The molecule has 0 aliphatic carbocycles. The molecule has 6 fully saturated rings. The van der Waals surface area contributed by atoms with Crippen LogP contribution >= 0.6 is 14.9 Å². The lowest BCUT2D eigenvalue weighted by atomic mass is 9.97. The maximum atomic E-state index is 14.3. The maximum absolute atomic E-state index is 14.3. The largest absolute Gasteiger partial charge is 0.394 e. The molecule has 0 aromatic heterocycles. The van der Waals surface area contributed by atoms with E-state index in [2.05, 4.69) is 28.5 Å². The highest BCUT2D eigenvalue weighted by Crippen LogP contribution is 2.49. The quantitative estimate of drug-likeness (QED) is 0.0226. The van der Waals surface area contributed by atoms with Gasteiger partial charge in [0, 0.05) is 97.7 Å². The first-order chi connectivity index (χ1) is 45.7. The van der Waals surface area contributed by atoms with E-state index in [9.17, 15) is 84.5 Å². The van der Waals surface area contributed by atoms with Gasteiger partial charge in [0.2, 0.25) is 43.0 Å². The van der Waals surface area contributed by atoms with Crippen molar-refractivity contribution in [2.24, 2.45) is 0 Å². The average molecular weight is 1430 g/mol. The summed E-state index contributed by atoms with van der Waals surface area (Å²) in [6, 6.07) is -4.73. The number of aliphatic hydroxyl groups is 9. The van der Waals surface area contributed by atoms with Crippen molar-refractivity contribution in [1.82, 2.24) is 30.7 Å². The van der Waals surface area contributed by atoms with Crippen LogP contribution in [0, 0.1) is 0 Å². The molecule has 0 radical (unpaired) electrons. The second-order valence-electron chi connectivity index (χ2n) is 27.1. The number of carbonyl (C=O) groups is 6. The summed E-state index contributed by atoms with van der Waals surface area (Å²) in [5.74, 6) is -2.19. The zero-order chi connectivity index (χ0) is 71.7. The van der Waals surface area contributed by atoms with E-state index in [0.717, 1.165) is 0 Å². The molecule has 0 spiro atoms. The Kier molecular flexibility index (Phi) is 32.5. The van der Waals surface area contributed by atoms with Crippen molar-refractivity contribution >= 4 is 62.9 Å². The highest BCUT2D eigenvalue weighted by atomic mass is 31.2. The molecule has 0 bridgehead atoms. The van der Waals surface area contributed by atoms with Gasteiger partial charge in [-0.05, 0) is 97.7 Å². The van der Waals surface area contributed by atoms with Gasteiger partial charge in [-0.2, -0.15) is 0 Å². The van der Waals surface area contributed by atoms with Gasteiger partial charge in [0.15, 0.2) is 18.9 Å². The number of nitrogens with zero attached hydrogens (tertiary/aromatic N) is 3. The van der Waals surface area contributed by atoms with Gasteiger partial charge in [-0.3, -0.25) is 28.8 Å². The SMILES string of the molecule is C=P(O)(CC[C@@H]1CC(OP(=C)(O)OC[C@@H]2C[C@@H](OC(C)(C)C)CN2C(=O)CCCCOC2OC(CO)C(O)C(O)C2NC(C)=O)CN1C(=O)CCCCOC1OC(CO)C(O)C(O)C1NC(C)=O)OC1C[C@@H](CC)N(C(=O)CCCCOC2OC(CO)C(O)C(O)C2NC(C)=O)C1. The molecule has 33 nitrogen and oxygen atoms in total. The number of aliphatic hydroxyl groups excluding tert-OH is 9.